The Morgan fingerprint density at radius 3 is 2.39 bits per heavy atom. The Bertz CT molecular complexity index is 1780. The molecule has 1 aromatic heterocycles. The van der Waals surface area contributed by atoms with Crippen molar-refractivity contribution in [2.24, 2.45) is 11.1 Å². The molecule has 0 spiro atoms. The lowest BCUT2D eigenvalue weighted by Crippen LogP contribution is -2.60. The van der Waals surface area contributed by atoms with Crippen LogP contribution in [0.5, 0.6) is 0 Å². The van der Waals surface area contributed by atoms with E-state index in [0.717, 1.165) is 29.8 Å². The molecule has 1 saturated carbocycles. The zero-order valence-electron chi connectivity index (χ0n) is 31.8. The van der Waals surface area contributed by atoms with E-state index >= 15 is 0 Å². The molecule has 0 unspecified atom stereocenters. The van der Waals surface area contributed by atoms with Crippen LogP contribution in [0.3, 0.4) is 0 Å². The molecule has 0 radical (unpaired) electrons. The maximum Gasteiger partial charge on any atom is 0.318 e. The molecule has 4 N–H and O–H groups in total. The number of carbonyl (C=O) groups is 2. The SMILES string of the molecule is COCc1nc(CN(C)C(=O)N[C@H](C(=O)N[C@@H](Cc2ccccc2)[C@H](O)CN(CC2CCC2)S(=O)(=O)c2ccc(C=NO)cc2)[C@H](C)OC(C)(C)C)cs1. The number of methoxy groups -OCH3 is 1. The third-order valence-electron chi connectivity index (χ3n) is 9.08. The number of hydrogen-bond acceptors (Lipinski definition) is 11. The summed E-state index contributed by atoms with van der Waals surface area (Å²) < 4.78 is 40.7. The number of aliphatic hydroxyl groups is 1. The summed E-state index contributed by atoms with van der Waals surface area (Å²) in [5.74, 6) is -0.461. The number of nitrogens with zero attached hydrogens (tertiary/aromatic N) is 4. The molecule has 0 bridgehead atoms. The lowest BCUT2D eigenvalue weighted by molar-refractivity contribution is -0.132. The van der Waals surface area contributed by atoms with Crippen molar-refractivity contribution >= 4 is 39.5 Å². The van der Waals surface area contributed by atoms with Gasteiger partial charge < -0.3 is 35.3 Å². The van der Waals surface area contributed by atoms with E-state index in [0.29, 0.717) is 17.9 Å². The topological polar surface area (TPSA) is 183 Å². The Morgan fingerprint density at radius 1 is 1.11 bits per heavy atom. The first-order chi connectivity index (χ1) is 25.6. The smallest absolute Gasteiger partial charge is 0.318 e. The molecule has 1 heterocycles. The Balaban J connectivity index is 1.59. The molecule has 2 aromatic carbocycles. The van der Waals surface area contributed by atoms with Gasteiger partial charge in [0.15, 0.2) is 0 Å². The summed E-state index contributed by atoms with van der Waals surface area (Å²) >= 11 is 1.43. The molecule has 296 valence electrons. The van der Waals surface area contributed by atoms with Gasteiger partial charge in [0, 0.05) is 32.6 Å². The summed E-state index contributed by atoms with van der Waals surface area (Å²) in [6.07, 6.45) is 1.99. The minimum Gasteiger partial charge on any atom is -0.411 e. The number of thiazole rings is 1. The maximum atomic E-state index is 14.3. The van der Waals surface area contributed by atoms with Gasteiger partial charge in [-0.15, -0.1) is 11.3 Å². The summed E-state index contributed by atoms with van der Waals surface area (Å²) in [5, 5.41) is 32.2. The molecule has 16 heteroatoms. The fourth-order valence-corrected chi connectivity index (χ4v) is 8.42. The highest BCUT2D eigenvalue weighted by atomic mass is 32.2. The number of benzene rings is 2. The largest absolute Gasteiger partial charge is 0.411 e. The van der Waals surface area contributed by atoms with Gasteiger partial charge in [0.25, 0.3) is 0 Å². The highest BCUT2D eigenvalue weighted by Gasteiger charge is 2.37. The molecule has 0 aliphatic heterocycles. The second kappa shape index (κ2) is 19.6. The van der Waals surface area contributed by atoms with Gasteiger partial charge in [-0.2, -0.15) is 4.31 Å². The molecule has 1 aliphatic carbocycles. The summed E-state index contributed by atoms with van der Waals surface area (Å²) in [5.41, 5.74) is 1.35. The zero-order valence-corrected chi connectivity index (χ0v) is 33.5. The normalized spacial score (nSPS) is 16.1. The quantitative estimate of drug-likeness (QED) is 0.0778. The minimum atomic E-state index is -4.08. The van der Waals surface area contributed by atoms with E-state index in [1.54, 1.807) is 21.1 Å². The lowest BCUT2D eigenvalue weighted by atomic mass is 9.85. The van der Waals surface area contributed by atoms with Crippen LogP contribution in [0.15, 0.2) is 70.0 Å². The van der Waals surface area contributed by atoms with Gasteiger partial charge in [-0.25, -0.2) is 18.2 Å². The second-order valence-corrected chi connectivity index (χ2v) is 17.6. The van der Waals surface area contributed by atoms with Gasteiger partial charge in [0.05, 0.1) is 53.8 Å². The van der Waals surface area contributed by atoms with E-state index < -0.39 is 51.9 Å². The zero-order chi connectivity index (χ0) is 39.5. The lowest BCUT2D eigenvalue weighted by Gasteiger charge is -2.36. The third kappa shape index (κ3) is 12.6. The Labute approximate surface area is 322 Å². The van der Waals surface area contributed by atoms with E-state index in [-0.39, 0.29) is 36.9 Å². The van der Waals surface area contributed by atoms with E-state index in [4.69, 9.17) is 14.7 Å². The molecule has 1 fully saturated rings. The van der Waals surface area contributed by atoms with Gasteiger partial charge in [-0.1, -0.05) is 54.0 Å². The fourth-order valence-electron chi connectivity index (χ4n) is 6.13. The van der Waals surface area contributed by atoms with Crippen molar-refractivity contribution in [3.63, 3.8) is 0 Å². The number of sulfonamides is 1. The number of hydrogen-bond donors (Lipinski definition) is 4. The highest BCUT2D eigenvalue weighted by Crippen LogP contribution is 2.30. The van der Waals surface area contributed by atoms with Crippen LogP contribution in [-0.4, -0.2) is 108 Å². The number of amides is 3. The number of oxime groups is 1. The van der Waals surface area contributed by atoms with Crippen LogP contribution in [0.4, 0.5) is 4.79 Å². The van der Waals surface area contributed by atoms with Crippen LogP contribution >= 0.6 is 11.3 Å². The van der Waals surface area contributed by atoms with Crippen molar-refractivity contribution in [2.45, 2.75) is 101 Å². The molecule has 4 rings (SSSR count). The Kier molecular flexibility index (Phi) is 15.5. The van der Waals surface area contributed by atoms with Crippen molar-refractivity contribution in [1.82, 2.24) is 24.8 Å². The average molecular weight is 787 g/mol. The van der Waals surface area contributed by atoms with Crippen LogP contribution in [0, 0.1) is 5.92 Å². The molecular weight excluding hydrogens is 733 g/mol. The van der Waals surface area contributed by atoms with Crippen LogP contribution in [0.2, 0.25) is 0 Å². The van der Waals surface area contributed by atoms with E-state index in [2.05, 4.69) is 20.8 Å². The van der Waals surface area contributed by atoms with Crippen molar-refractivity contribution in [3.8, 4) is 0 Å². The first-order valence-electron chi connectivity index (χ1n) is 18.0. The van der Waals surface area contributed by atoms with Crippen molar-refractivity contribution in [3.05, 3.63) is 81.8 Å². The fraction of sp³-hybridized carbons (Fsp3) is 0.526. The first-order valence-corrected chi connectivity index (χ1v) is 20.3. The molecule has 14 nitrogen and oxygen atoms in total. The van der Waals surface area contributed by atoms with Crippen molar-refractivity contribution in [2.75, 3.05) is 27.2 Å². The van der Waals surface area contributed by atoms with E-state index in [1.165, 1.54) is 51.0 Å². The third-order valence-corrected chi connectivity index (χ3v) is 11.8. The molecule has 3 aromatic rings. The maximum absolute atomic E-state index is 14.3. The van der Waals surface area contributed by atoms with E-state index in [1.807, 2.05) is 56.5 Å². The standard InChI is InChI=1S/C38H54N6O8S2/c1-26(52-38(2,3)4)35(42-37(47)43(5)22-30-25-53-34(40-30)24-51-6)36(46)41-32(19-27-11-8-7-9-12-27)33(45)23-44(21-29-13-10-14-29)54(49,50)31-17-15-28(16-18-31)20-39-48/h7-9,11-12,15-18,20,25-26,29,32-33,35,45,48H,10,13-14,19,21-24H2,1-6H3,(H,41,46)(H,42,47)/t26-,32-,33+,35-/m0/s1. The van der Waals surface area contributed by atoms with Crippen molar-refractivity contribution < 1.29 is 37.8 Å². The summed E-state index contributed by atoms with van der Waals surface area (Å²) in [7, 11) is -0.895. The first kappa shape index (κ1) is 42.8. The van der Waals surface area contributed by atoms with Gasteiger partial charge >= 0.3 is 6.03 Å². The van der Waals surface area contributed by atoms with Gasteiger partial charge in [-0.05, 0) is 76.1 Å². The number of urea groups is 1. The number of ether oxygens (including phenoxy) is 2. The highest BCUT2D eigenvalue weighted by molar-refractivity contribution is 7.89. The van der Waals surface area contributed by atoms with Crippen LogP contribution in [0.1, 0.15) is 68.8 Å². The number of aromatic nitrogens is 1. The molecule has 4 atom stereocenters. The number of aliphatic hydroxyl groups excluding tert-OH is 1. The van der Waals surface area contributed by atoms with Gasteiger partial charge in [0.1, 0.15) is 11.0 Å². The summed E-state index contributed by atoms with van der Waals surface area (Å²) in [6.45, 7) is 7.70. The van der Waals surface area contributed by atoms with E-state index in [9.17, 15) is 23.1 Å². The second-order valence-electron chi connectivity index (χ2n) is 14.7. The number of rotatable bonds is 19. The van der Waals surface area contributed by atoms with Crippen LogP contribution < -0.4 is 10.6 Å². The molecule has 0 saturated heterocycles. The Hall–Kier alpha value is -3.93. The van der Waals surface area contributed by atoms with Crippen LogP contribution in [0.25, 0.3) is 0 Å². The predicted octanol–water partition coefficient (Wildman–Crippen LogP) is 4.39. The van der Waals surface area contributed by atoms with Crippen LogP contribution in [-0.2, 0) is 43.9 Å². The summed E-state index contributed by atoms with van der Waals surface area (Å²) in [4.78, 5) is 33.8. The molecule has 3 amide bonds. The number of carbonyl (C=O) groups excluding carboxylic acids is 2. The predicted molar refractivity (Wildman–Crippen MR) is 207 cm³/mol. The summed E-state index contributed by atoms with van der Waals surface area (Å²) in [6, 6.07) is 12.5. The minimum absolute atomic E-state index is 0.0281. The van der Waals surface area contributed by atoms with Gasteiger partial charge in [-0.3, -0.25) is 4.79 Å². The van der Waals surface area contributed by atoms with Crippen molar-refractivity contribution in [1.29, 1.82) is 0 Å². The molecule has 1 aliphatic rings. The number of nitrogens with one attached hydrogen (secondary N) is 2. The van der Waals surface area contributed by atoms with Gasteiger partial charge in [0.2, 0.25) is 15.9 Å². The Morgan fingerprint density at radius 2 is 1.80 bits per heavy atom. The average Bonchev–Trinajstić information content (AvgIpc) is 3.54. The molecule has 54 heavy (non-hydrogen) atoms. The monoisotopic (exact) mass is 786 g/mol. The molecular formula is C38H54N6O8S2.